The number of rotatable bonds is 1. The van der Waals surface area contributed by atoms with Gasteiger partial charge in [0, 0.05) is 0 Å². The van der Waals surface area contributed by atoms with Crippen molar-refractivity contribution in [1.82, 2.24) is 0 Å². The first-order valence-corrected chi connectivity index (χ1v) is 5.66. The molecular formula is C9H7Cl5. The molecule has 0 amide bonds. The standard InChI is InChI=1S/C9H7Cl5/c1-6-2-4-7(5-3-6)8(10,11)9(12,13)14/h2-5H,1H3. The molecule has 0 fully saturated rings. The van der Waals surface area contributed by atoms with E-state index < -0.39 is 8.13 Å². The molecule has 0 N–H and O–H groups in total. The first kappa shape index (κ1) is 12.7. The molecule has 0 nitrogen and oxygen atoms in total. The van der Waals surface area contributed by atoms with E-state index in [0.29, 0.717) is 5.56 Å². The molecule has 1 aromatic carbocycles. The third-order valence-corrected chi connectivity index (χ3v) is 4.20. The van der Waals surface area contributed by atoms with Gasteiger partial charge >= 0.3 is 0 Å². The van der Waals surface area contributed by atoms with E-state index in [1.807, 2.05) is 19.1 Å². The van der Waals surface area contributed by atoms with Gasteiger partial charge in [-0.3, -0.25) is 0 Å². The molecule has 0 spiro atoms. The van der Waals surface area contributed by atoms with Crippen molar-refractivity contribution in [2.24, 2.45) is 0 Å². The molecule has 0 radical (unpaired) electrons. The summed E-state index contributed by atoms with van der Waals surface area (Å²) in [4.78, 5) is 0. The largest absolute Gasteiger partial charge is 0.227 e. The van der Waals surface area contributed by atoms with Crippen LogP contribution in [0.1, 0.15) is 11.1 Å². The van der Waals surface area contributed by atoms with Gasteiger partial charge in [0.2, 0.25) is 3.79 Å². The zero-order chi connectivity index (χ0) is 11.0. The highest BCUT2D eigenvalue weighted by Crippen LogP contribution is 2.52. The first-order valence-electron chi connectivity index (χ1n) is 3.77. The Bertz CT molecular complexity index is 309. The summed E-state index contributed by atoms with van der Waals surface area (Å²) in [6, 6.07) is 7.17. The van der Waals surface area contributed by atoms with Crippen LogP contribution in [0, 0.1) is 6.92 Å². The molecule has 1 aromatic rings. The van der Waals surface area contributed by atoms with Crippen LogP contribution in [0.5, 0.6) is 0 Å². The molecular weight excluding hydrogens is 285 g/mol. The fourth-order valence-electron chi connectivity index (χ4n) is 0.927. The number of alkyl halides is 5. The summed E-state index contributed by atoms with van der Waals surface area (Å²) in [5.41, 5.74) is 1.65. The van der Waals surface area contributed by atoms with Gasteiger partial charge in [-0.05, 0) is 12.5 Å². The third kappa shape index (κ3) is 2.62. The Balaban J connectivity index is 3.10. The molecule has 0 atom stereocenters. The summed E-state index contributed by atoms with van der Waals surface area (Å²) >= 11 is 28.9. The molecule has 0 aliphatic rings. The Hall–Kier alpha value is 0.670. The Morgan fingerprint density at radius 3 is 1.64 bits per heavy atom. The predicted molar refractivity (Wildman–Crippen MR) is 64.9 cm³/mol. The summed E-state index contributed by atoms with van der Waals surface area (Å²) in [5.74, 6) is 0. The van der Waals surface area contributed by atoms with Gasteiger partial charge in [0.05, 0.1) is 0 Å². The number of benzene rings is 1. The number of aryl methyl sites for hydroxylation is 1. The third-order valence-electron chi connectivity index (χ3n) is 1.77. The highest BCUT2D eigenvalue weighted by atomic mass is 35.6. The summed E-state index contributed by atoms with van der Waals surface area (Å²) in [7, 11) is 0. The quantitative estimate of drug-likeness (QED) is 0.639. The normalized spacial score (nSPS) is 13.0. The molecule has 0 saturated heterocycles. The van der Waals surface area contributed by atoms with Crippen molar-refractivity contribution >= 4 is 58.0 Å². The summed E-state index contributed by atoms with van der Waals surface area (Å²) < 4.78 is -3.29. The van der Waals surface area contributed by atoms with Crippen LogP contribution >= 0.6 is 58.0 Å². The maximum Gasteiger partial charge on any atom is 0.227 e. The van der Waals surface area contributed by atoms with E-state index >= 15 is 0 Å². The van der Waals surface area contributed by atoms with E-state index in [1.165, 1.54) is 0 Å². The Labute approximate surface area is 108 Å². The maximum atomic E-state index is 5.96. The Kier molecular flexibility index (Phi) is 3.89. The van der Waals surface area contributed by atoms with Gasteiger partial charge in [-0.2, -0.15) is 0 Å². The van der Waals surface area contributed by atoms with Crippen molar-refractivity contribution in [1.29, 1.82) is 0 Å². The molecule has 14 heavy (non-hydrogen) atoms. The fraction of sp³-hybridized carbons (Fsp3) is 0.333. The number of hydrogen-bond acceptors (Lipinski definition) is 0. The van der Waals surface area contributed by atoms with Gasteiger partial charge < -0.3 is 0 Å². The zero-order valence-corrected chi connectivity index (χ0v) is 11.0. The summed E-state index contributed by atoms with van der Waals surface area (Å²) in [6.45, 7) is 1.95. The van der Waals surface area contributed by atoms with E-state index in [-0.39, 0.29) is 0 Å². The number of halogens is 5. The zero-order valence-electron chi connectivity index (χ0n) is 7.20. The topological polar surface area (TPSA) is 0 Å². The average Bonchev–Trinajstić information content (AvgIpc) is 2.03. The summed E-state index contributed by atoms with van der Waals surface area (Å²) in [5, 5.41) is 0. The number of hydrogen-bond donors (Lipinski definition) is 0. The van der Waals surface area contributed by atoms with Crippen LogP contribution < -0.4 is 0 Å². The molecule has 0 aliphatic heterocycles. The molecule has 1 rings (SSSR count). The molecule has 0 aliphatic carbocycles. The lowest BCUT2D eigenvalue weighted by Gasteiger charge is -2.27. The second-order valence-corrected chi connectivity index (χ2v) is 6.55. The van der Waals surface area contributed by atoms with Crippen molar-refractivity contribution < 1.29 is 0 Å². The van der Waals surface area contributed by atoms with Gasteiger partial charge in [-0.15, -0.1) is 0 Å². The first-order chi connectivity index (χ1) is 6.25. The molecule has 0 aromatic heterocycles. The van der Waals surface area contributed by atoms with Gasteiger partial charge in [-0.1, -0.05) is 87.8 Å². The van der Waals surface area contributed by atoms with Gasteiger partial charge in [-0.25, -0.2) is 0 Å². The molecule has 78 valence electrons. The highest BCUT2D eigenvalue weighted by Gasteiger charge is 2.47. The fourth-order valence-corrected chi connectivity index (χ4v) is 1.51. The van der Waals surface area contributed by atoms with Crippen LogP contribution in [0.15, 0.2) is 24.3 Å². The molecule has 0 heterocycles. The molecule has 0 saturated carbocycles. The lowest BCUT2D eigenvalue weighted by molar-refractivity contribution is 0.877. The molecule has 5 heteroatoms. The Morgan fingerprint density at radius 2 is 1.29 bits per heavy atom. The van der Waals surface area contributed by atoms with Crippen LogP contribution in [-0.4, -0.2) is 3.79 Å². The highest BCUT2D eigenvalue weighted by molar-refractivity contribution is 6.75. The SMILES string of the molecule is Cc1ccc(C(Cl)(Cl)C(Cl)(Cl)Cl)cc1. The minimum absolute atomic E-state index is 0.562. The van der Waals surface area contributed by atoms with Crippen molar-refractivity contribution in [3.8, 4) is 0 Å². The van der Waals surface area contributed by atoms with Gasteiger partial charge in [0.15, 0.2) is 4.33 Å². The second-order valence-electron chi connectivity index (χ2n) is 2.94. The van der Waals surface area contributed by atoms with Crippen LogP contribution in [0.4, 0.5) is 0 Å². The van der Waals surface area contributed by atoms with Gasteiger partial charge in [0.1, 0.15) is 0 Å². The maximum absolute atomic E-state index is 5.96. The van der Waals surface area contributed by atoms with Crippen LogP contribution in [-0.2, 0) is 4.33 Å². The minimum atomic E-state index is -1.76. The average molecular weight is 292 g/mol. The van der Waals surface area contributed by atoms with Crippen LogP contribution in [0.2, 0.25) is 0 Å². The Morgan fingerprint density at radius 1 is 0.857 bits per heavy atom. The molecule has 0 bridgehead atoms. The lowest BCUT2D eigenvalue weighted by atomic mass is 10.1. The van der Waals surface area contributed by atoms with E-state index in [1.54, 1.807) is 12.1 Å². The van der Waals surface area contributed by atoms with Crippen molar-refractivity contribution in [3.63, 3.8) is 0 Å². The second kappa shape index (κ2) is 4.27. The molecule has 0 unspecified atom stereocenters. The van der Waals surface area contributed by atoms with Gasteiger partial charge in [0.25, 0.3) is 0 Å². The van der Waals surface area contributed by atoms with Crippen molar-refractivity contribution in [2.75, 3.05) is 0 Å². The monoisotopic (exact) mass is 290 g/mol. The predicted octanol–water partition coefficient (Wildman–Crippen LogP) is 5.00. The van der Waals surface area contributed by atoms with E-state index in [4.69, 9.17) is 58.0 Å². The summed E-state index contributed by atoms with van der Waals surface area (Å²) in [6.07, 6.45) is 0. The minimum Gasteiger partial charge on any atom is -0.0915 e. The van der Waals surface area contributed by atoms with E-state index in [9.17, 15) is 0 Å². The lowest BCUT2D eigenvalue weighted by Crippen LogP contribution is -2.28. The smallest absolute Gasteiger partial charge is 0.0915 e. The van der Waals surface area contributed by atoms with Crippen LogP contribution in [0.3, 0.4) is 0 Å². The van der Waals surface area contributed by atoms with Crippen molar-refractivity contribution in [3.05, 3.63) is 35.4 Å². The van der Waals surface area contributed by atoms with E-state index in [0.717, 1.165) is 5.56 Å². The van der Waals surface area contributed by atoms with Crippen LogP contribution in [0.25, 0.3) is 0 Å². The van der Waals surface area contributed by atoms with Crippen molar-refractivity contribution in [2.45, 2.75) is 15.0 Å². The van der Waals surface area contributed by atoms with E-state index in [2.05, 4.69) is 0 Å².